The molecule has 8 heteroatoms. The molecule has 0 radical (unpaired) electrons. The Labute approximate surface area is 178 Å². The zero-order chi connectivity index (χ0) is 17.9. The van der Waals surface area contributed by atoms with Gasteiger partial charge in [-0.05, 0) is 26.0 Å². The van der Waals surface area contributed by atoms with Crippen molar-refractivity contribution in [2.75, 3.05) is 52.5 Å². The third-order valence-electron chi connectivity index (χ3n) is 4.02. The van der Waals surface area contributed by atoms with E-state index in [-0.39, 0.29) is 24.0 Å². The molecule has 148 valence electrons. The Morgan fingerprint density at radius 2 is 2.04 bits per heavy atom. The standard InChI is InChI=1S/C18H29ClN4O2.HI/c1-3-20-18(22-14-15(2)23-9-12-24-13-10-23)21-8-11-25-17-7-5-4-6-16(17)19;/h4-7,15H,3,8-14H2,1-2H3,(H2,20,21,22);1H. The van der Waals surface area contributed by atoms with Crippen LogP contribution in [0.25, 0.3) is 0 Å². The molecule has 1 aliphatic heterocycles. The van der Waals surface area contributed by atoms with Crippen LogP contribution in [0, 0.1) is 0 Å². The van der Waals surface area contributed by atoms with Crippen molar-refractivity contribution < 1.29 is 9.47 Å². The Morgan fingerprint density at radius 3 is 2.73 bits per heavy atom. The van der Waals surface area contributed by atoms with Gasteiger partial charge < -0.3 is 20.1 Å². The Bertz CT molecular complexity index is 542. The first kappa shape index (κ1) is 23.3. The number of para-hydroxylation sites is 1. The normalized spacial score (nSPS) is 16.5. The fraction of sp³-hybridized carbons (Fsp3) is 0.611. The third kappa shape index (κ3) is 8.28. The topological polar surface area (TPSA) is 58.1 Å². The van der Waals surface area contributed by atoms with Gasteiger partial charge in [0, 0.05) is 25.7 Å². The van der Waals surface area contributed by atoms with Crippen LogP contribution in [0.1, 0.15) is 13.8 Å². The van der Waals surface area contributed by atoms with Crippen molar-refractivity contribution >= 4 is 41.5 Å². The first-order chi connectivity index (χ1) is 12.2. The lowest BCUT2D eigenvalue weighted by Gasteiger charge is -2.31. The lowest BCUT2D eigenvalue weighted by Crippen LogP contribution is -2.44. The van der Waals surface area contributed by atoms with Gasteiger partial charge in [-0.2, -0.15) is 0 Å². The molecule has 1 atom stereocenters. The van der Waals surface area contributed by atoms with Gasteiger partial charge in [0.05, 0.1) is 31.3 Å². The predicted octanol–water partition coefficient (Wildman–Crippen LogP) is 2.61. The van der Waals surface area contributed by atoms with E-state index in [0.29, 0.717) is 30.0 Å². The Balaban J connectivity index is 0.00000338. The van der Waals surface area contributed by atoms with E-state index >= 15 is 0 Å². The summed E-state index contributed by atoms with van der Waals surface area (Å²) in [5.41, 5.74) is 0. The van der Waals surface area contributed by atoms with Crippen LogP contribution in [0.15, 0.2) is 29.3 Å². The second-order valence-electron chi connectivity index (χ2n) is 5.92. The van der Waals surface area contributed by atoms with Crippen molar-refractivity contribution in [2.24, 2.45) is 4.99 Å². The van der Waals surface area contributed by atoms with E-state index in [1.165, 1.54) is 0 Å². The van der Waals surface area contributed by atoms with Crippen LogP contribution >= 0.6 is 35.6 Å². The fourth-order valence-electron chi connectivity index (χ4n) is 2.59. The molecule has 0 saturated carbocycles. The van der Waals surface area contributed by atoms with Crippen molar-refractivity contribution in [2.45, 2.75) is 19.9 Å². The maximum atomic E-state index is 6.08. The molecule has 1 fully saturated rings. The minimum Gasteiger partial charge on any atom is -0.490 e. The minimum atomic E-state index is 0. The monoisotopic (exact) mass is 496 g/mol. The number of benzene rings is 1. The van der Waals surface area contributed by atoms with Gasteiger partial charge in [0.1, 0.15) is 12.4 Å². The van der Waals surface area contributed by atoms with Gasteiger partial charge in [0.15, 0.2) is 5.96 Å². The molecule has 6 nitrogen and oxygen atoms in total. The minimum absolute atomic E-state index is 0. The van der Waals surface area contributed by atoms with Crippen LogP contribution in [0.3, 0.4) is 0 Å². The number of nitrogens with zero attached hydrogens (tertiary/aromatic N) is 2. The van der Waals surface area contributed by atoms with Crippen LogP contribution in [-0.4, -0.2) is 69.4 Å². The zero-order valence-electron chi connectivity index (χ0n) is 15.5. The van der Waals surface area contributed by atoms with Crippen LogP contribution in [0.4, 0.5) is 0 Å². The maximum absolute atomic E-state index is 6.08. The average Bonchev–Trinajstić information content (AvgIpc) is 2.65. The van der Waals surface area contributed by atoms with Gasteiger partial charge in [0.25, 0.3) is 0 Å². The molecular weight excluding hydrogens is 467 g/mol. The Hall–Kier alpha value is -0.770. The van der Waals surface area contributed by atoms with Gasteiger partial charge in [-0.25, -0.2) is 0 Å². The highest BCUT2D eigenvalue weighted by atomic mass is 127. The summed E-state index contributed by atoms with van der Waals surface area (Å²) < 4.78 is 11.1. The molecule has 1 aromatic rings. The molecule has 1 aliphatic rings. The first-order valence-electron chi connectivity index (χ1n) is 8.92. The molecule has 0 aliphatic carbocycles. The predicted molar refractivity (Wildman–Crippen MR) is 118 cm³/mol. The van der Waals surface area contributed by atoms with E-state index in [9.17, 15) is 0 Å². The number of hydrogen-bond acceptors (Lipinski definition) is 4. The SMILES string of the molecule is CCNC(=NCC(C)N1CCOCC1)NCCOc1ccccc1Cl.I. The molecule has 1 heterocycles. The second kappa shape index (κ2) is 13.4. The quantitative estimate of drug-likeness (QED) is 0.251. The van der Waals surface area contributed by atoms with Gasteiger partial charge in [0.2, 0.25) is 0 Å². The number of halogens is 2. The van der Waals surface area contributed by atoms with Crippen molar-refractivity contribution in [1.29, 1.82) is 0 Å². The summed E-state index contributed by atoms with van der Waals surface area (Å²) in [5, 5.41) is 7.19. The van der Waals surface area contributed by atoms with E-state index in [1.807, 2.05) is 24.3 Å². The third-order valence-corrected chi connectivity index (χ3v) is 4.33. The number of ether oxygens (including phenoxy) is 2. The van der Waals surface area contributed by atoms with Gasteiger partial charge in [-0.1, -0.05) is 23.7 Å². The molecule has 0 aromatic heterocycles. The van der Waals surface area contributed by atoms with Gasteiger partial charge >= 0.3 is 0 Å². The molecular formula is C18H30ClIN4O2. The summed E-state index contributed by atoms with van der Waals surface area (Å²) in [5.74, 6) is 1.51. The average molecular weight is 497 g/mol. The summed E-state index contributed by atoms with van der Waals surface area (Å²) in [6.07, 6.45) is 0. The molecule has 0 bridgehead atoms. The highest BCUT2D eigenvalue weighted by molar-refractivity contribution is 14.0. The summed E-state index contributed by atoms with van der Waals surface area (Å²) in [6, 6.07) is 7.89. The van der Waals surface area contributed by atoms with Crippen LogP contribution < -0.4 is 15.4 Å². The number of aliphatic imine (C=N–C) groups is 1. The second-order valence-corrected chi connectivity index (χ2v) is 6.33. The number of nitrogens with one attached hydrogen (secondary N) is 2. The van der Waals surface area contributed by atoms with Crippen LogP contribution in [-0.2, 0) is 4.74 Å². The summed E-state index contributed by atoms with van der Waals surface area (Å²) >= 11 is 6.08. The molecule has 0 spiro atoms. The summed E-state index contributed by atoms with van der Waals surface area (Å²) in [7, 11) is 0. The molecule has 1 unspecified atom stereocenters. The molecule has 2 rings (SSSR count). The Morgan fingerprint density at radius 1 is 1.31 bits per heavy atom. The van der Waals surface area contributed by atoms with E-state index < -0.39 is 0 Å². The summed E-state index contributed by atoms with van der Waals surface area (Å²) in [4.78, 5) is 7.09. The van der Waals surface area contributed by atoms with Gasteiger partial charge in [-0.15, -0.1) is 24.0 Å². The van der Waals surface area contributed by atoms with E-state index in [0.717, 1.165) is 45.4 Å². The molecule has 2 N–H and O–H groups in total. The van der Waals surface area contributed by atoms with E-state index in [4.69, 9.17) is 21.1 Å². The highest BCUT2D eigenvalue weighted by Gasteiger charge is 2.16. The molecule has 0 amide bonds. The first-order valence-corrected chi connectivity index (χ1v) is 9.29. The van der Waals surface area contributed by atoms with E-state index in [1.54, 1.807) is 0 Å². The fourth-order valence-corrected chi connectivity index (χ4v) is 2.78. The summed E-state index contributed by atoms with van der Waals surface area (Å²) in [6.45, 7) is 10.6. The van der Waals surface area contributed by atoms with Crippen molar-refractivity contribution in [1.82, 2.24) is 15.5 Å². The number of morpholine rings is 1. The maximum Gasteiger partial charge on any atom is 0.191 e. The number of guanidine groups is 1. The van der Waals surface area contributed by atoms with Crippen LogP contribution in [0.2, 0.25) is 5.02 Å². The molecule has 1 aromatic carbocycles. The highest BCUT2D eigenvalue weighted by Crippen LogP contribution is 2.22. The Kier molecular flexibility index (Phi) is 12.0. The van der Waals surface area contributed by atoms with Crippen LogP contribution in [0.5, 0.6) is 5.75 Å². The number of rotatable bonds is 8. The lowest BCUT2D eigenvalue weighted by atomic mass is 10.2. The van der Waals surface area contributed by atoms with Crippen molar-refractivity contribution in [3.05, 3.63) is 29.3 Å². The lowest BCUT2D eigenvalue weighted by molar-refractivity contribution is 0.0220. The smallest absolute Gasteiger partial charge is 0.191 e. The molecule has 1 saturated heterocycles. The molecule has 26 heavy (non-hydrogen) atoms. The van der Waals surface area contributed by atoms with Crippen molar-refractivity contribution in [3.8, 4) is 5.75 Å². The largest absolute Gasteiger partial charge is 0.490 e. The van der Waals surface area contributed by atoms with E-state index in [2.05, 4.69) is 34.4 Å². The number of hydrogen-bond donors (Lipinski definition) is 2. The zero-order valence-corrected chi connectivity index (χ0v) is 18.6. The van der Waals surface area contributed by atoms with Gasteiger partial charge in [-0.3, -0.25) is 9.89 Å². The van der Waals surface area contributed by atoms with Crippen molar-refractivity contribution in [3.63, 3.8) is 0 Å².